The van der Waals surface area contributed by atoms with Crippen molar-refractivity contribution in [3.05, 3.63) is 46.2 Å². The second kappa shape index (κ2) is 5.89. The van der Waals surface area contributed by atoms with E-state index < -0.39 is 0 Å². The predicted molar refractivity (Wildman–Crippen MR) is 71.2 cm³/mol. The van der Waals surface area contributed by atoms with Crippen molar-refractivity contribution in [1.29, 1.82) is 0 Å². The van der Waals surface area contributed by atoms with E-state index in [0.717, 1.165) is 18.7 Å². The lowest BCUT2D eigenvalue weighted by Gasteiger charge is -2.16. The summed E-state index contributed by atoms with van der Waals surface area (Å²) in [6.07, 6.45) is 4.70. The molecule has 2 aromatic rings. The minimum atomic E-state index is 0.344. The van der Waals surface area contributed by atoms with Crippen LogP contribution in [0.15, 0.2) is 30.0 Å². The molecule has 0 aromatic carbocycles. The maximum Gasteiger partial charge on any atom is 0.0798 e. The second-order valence-corrected chi connectivity index (χ2v) is 4.86. The van der Waals surface area contributed by atoms with Gasteiger partial charge < -0.3 is 5.32 Å². The van der Waals surface area contributed by atoms with E-state index in [1.807, 2.05) is 24.0 Å². The van der Waals surface area contributed by atoms with Crippen LogP contribution in [0.2, 0.25) is 0 Å². The number of hydrogen-bond donors (Lipinski definition) is 1. The molecule has 0 spiro atoms. The number of nitrogens with zero attached hydrogens (tertiary/aromatic N) is 2. The molecule has 0 bridgehead atoms. The maximum absolute atomic E-state index is 4.32. The number of aryl methyl sites for hydroxylation is 1. The van der Waals surface area contributed by atoms with Crippen LogP contribution in [-0.2, 0) is 6.42 Å². The van der Waals surface area contributed by atoms with Crippen molar-refractivity contribution in [3.8, 4) is 0 Å². The van der Waals surface area contributed by atoms with Gasteiger partial charge in [-0.25, -0.2) is 4.98 Å². The quantitative estimate of drug-likeness (QED) is 0.883. The molecular weight excluding hydrogens is 230 g/mol. The molecule has 0 radical (unpaired) electrons. The minimum absolute atomic E-state index is 0.344. The molecule has 1 atom stereocenters. The van der Waals surface area contributed by atoms with Crippen LogP contribution in [0.25, 0.3) is 0 Å². The SMILES string of the molecule is CCNC(Cc1cccnc1)c1scnc1C. The topological polar surface area (TPSA) is 37.8 Å². The Morgan fingerprint density at radius 2 is 2.35 bits per heavy atom. The summed E-state index contributed by atoms with van der Waals surface area (Å²) in [6, 6.07) is 4.45. The lowest BCUT2D eigenvalue weighted by Crippen LogP contribution is -2.22. The first-order valence-corrected chi connectivity index (χ1v) is 6.71. The zero-order chi connectivity index (χ0) is 12.1. The van der Waals surface area contributed by atoms with Crippen molar-refractivity contribution in [2.45, 2.75) is 26.3 Å². The van der Waals surface area contributed by atoms with E-state index in [0.29, 0.717) is 6.04 Å². The Labute approximate surface area is 106 Å². The summed E-state index contributed by atoms with van der Waals surface area (Å²) in [5, 5.41) is 3.52. The molecular formula is C13H17N3S. The molecule has 2 rings (SSSR count). The first-order valence-electron chi connectivity index (χ1n) is 5.83. The van der Waals surface area contributed by atoms with Crippen LogP contribution >= 0.6 is 11.3 Å². The zero-order valence-electron chi connectivity index (χ0n) is 10.2. The first-order chi connectivity index (χ1) is 8.31. The molecule has 0 fully saturated rings. The molecule has 0 amide bonds. The molecule has 2 aromatic heterocycles. The van der Waals surface area contributed by atoms with Crippen LogP contribution in [0.4, 0.5) is 0 Å². The Balaban J connectivity index is 2.16. The predicted octanol–water partition coefficient (Wildman–Crippen LogP) is 2.74. The Bertz CT molecular complexity index is 453. The Kier molecular flexibility index (Phi) is 4.23. The summed E-state index contributed by atoms with van der Waals surface area (Å²) in [6.45, 7) is 5.16. The third kappa shape index (κ3) is 3.11. The third-order valence-corrected chi connectivity index (χ3v) is 3.76. The van der Waals surface area contributed by atoms with Crippen molar-refractivity contribution >= 4 is 11.3 Å². The molecule has 4 heteroatoms. The molecule has 0 saturated carbocycles. The molecule has 90 valence electrons. The van der Waals surface area contributed by atoms with Gasteiger partial charge in [-0.2, -0.15) is 0 Å². The summed E-state index contributed by atoms with van der Waals surface area (Å²) in [4.78, 5) is 9.82. The number of aromatic nitrogens is 2. The van der Waals surface area contributed by atoms with E-state index in [2.05, 4.69) is 35.2 Å². The van der Waals surface area contributed by atoms with Crippen molar-refractivity contribution in [1.82, 2.24) is 15.3 Å². The van der Waals surface area contributed by atoms with Gasteiger partial charge in [0.2, 0.25) is 0 Å². The highest BCUT2D eigenvalue weighted by Gasteiger charge is 2.15. The molecule has 0 aliphatic carbocycles. The smallest absolute Gasteiger partial charge is 0.0798 e. The van der Waals surface area contributed by atoms with Crippen LogP contribution in [0.1, 0.15) is 29.1 Å². The summed E-state index contributed by atoms with van der Waals surface area (Å²) in [5.41, 5.74) is 4.30. The van der Waals surface area contributed by atoms with Crippen LogP contribution < -0.4 is 5.32 Å². The normalized spacial score (nSPS) is 12.6. The van der Waals surface area contributed by atoms with Gasteiger partial charge in [0, 0.05) is 23.3 Å². The second-order valence-electron chi connectivity index (χ2n) is 3.98. The highest BCUT2D eigenvalue weighted by molar-refractivity contribution is 7.09. The van der Waals surface area contributed by atoms with Gasteiger partial charge in [0.25, 0.3) is 0 Å². The maximum atomic E-state index is 4.32. The van der Waals surface area contributed by atoms with Crippen molar-refractivity contribution in [2.24, 2.45) is 0 Å². The van der Waals surface area contributed by atoms with Crippen molar-refractivity contribution < 1.29 is 0 Å². The van der Waals surface area contributed by atoms with E-state index in [1.165, 1.54) is 10.4 Å². The van der Waals surface area contributed by atoms with Crippen LogP contribution in [0, 0.1) is 6.92 Å². The third-order valence-electron chi connectivity index (χ3n) is 2.71. The van der Waals surface area contributed by atoms with Gasteiger partial charge in [0.1, 0.15) is 0 Å². The number of nitrogens with one attached hydrogen (secondary N) is 1. The van der Waals surface area contributed by atoms with Gasteiger partial charge in [-0.1, -0.05) is 13.0 Å². The van der Waals surface area contributed by atoms with E-state index in [1.54, 1.807) is 11.3 Å². The van der Waals surface area contributed by atoms with Gasteiger partial charge in [-0.3, -0.25) is 4.98 Å². The minimum Gasteiger partial charge on any atom is -0.309 e. The summed E-state index contributed by atoms with van der Waals surface area (Å²) < 4.78 is 0. The molecule has 3 nitrogen and oxygen atoms in total. The largest absolute Gasteiger partial charge is 0.309 e. The molecule has 0 saturated heterocycles. The number of rotatable bonds is 5. The van der Waals surface area contributed by atoms with Gasteiger partial charge in [-0.05, 0) is 31.5 Å². The molecule has 0 aliphatic rings. The van der Waals surface area contributed by atoms with E-state index in [4.69, 9.17) is 0 Å². The average molecular weight is 247 g/mol. The summed E-state index contributed by atoms with van der Waals surface area (Å²) in [5.74, 6) is 0. The van der Waals surface area contributed by atoms with E-state index >= 15 is 0 Å². The van der Waals surface area contributed by atoms with Crippen LogP contribution in [0.3, 0.4) is 0 Å². The van der Waals surface area contributed by atoms with Gasteiger partial charge in [-0.15, -0.1) is 11.3 Å². The lowest BCUT2D eigenvalue weighted by atomic mass is 10.1. The number of likely N-dealkylation sites (N-methyl/N-ethyl adjacent to an activating group) is 1. The lowest BCUT2D eigenvalue weighted by molar-refractivity contribution is 0.554. The molecule has 0 aliphatic heterocycles. The average Bonchev–Trinajstić information content (AvgIpc) is 2.76. The van der Waals surface area contributed by atoms with Crippen molar-refractivity contribution in [3.63, 3.8) is 0 Å². The summed E-state index contributed by atoms with van der Waals surface area (Å²) in [7, 11) is 0. The number of hydrogen-bond acceptors (Lipinski definition) is 4. The van der Waals surface area contributed by atoms with E-state index in [9.17, 15) is 0 Å². The highest BCUT2D eigenvalue weighted by atomic mass is 32.1. The molecule has 2 heterocycles. The monoisotopic (exact) mass is 247 g/mol. The Hall–Kier alpha value is -1.26. The zero-order valence-corrected chi connectivity index (χ0v) is 11.0. The molecule has 17 heavy (non-hydrogen) atoms. The summed E-state index contributed by atoms with van der Waals surface area (Å²) >= 11 is 1.72. The number of pyridine rings is 1. The van der Waals surface area contributed by atoms with Crippen LogP contribution in [-0.4, -0.2) is 16.5 Å². The first kappa shape index (κ1) is 12.2. The standard InChI is InChI=1S/C13H17N3S/c1-3-15-12(13-10(2)16-9-17-13)7-11-5-4-6-14-8-11/h4-6,8-9,12,15H,3,7H2,1-2H3. The fraction of sp³-hybridized carbons (Fsp3) is 0.385. The fourth-order valence-electron chi connectivity index (χ4n) is 1.90. The van der Waals surface area contributed by atoms with Gasteiger partial charge in [0.05, 0.1) is 11.2 Å². The Morgan fingerprint density at radius 3 is 2.94 bits per heavy atom. The Morgan fingerprint density at radius 1 is 1.47 bits per heavy atom. The van der Waals surface area contributed by atoms with Gasteiger partial charge >= 0.3 is 0 Å². The highest BCUT2D eigenvalue weighted by Crippen LogP contribution is 2.24. The fourth-order valence-corrected chi connectivity index (χ4v) is 2.78. The van der Waals surface area contributed by atoms with E-state index in [-0.39, 0.29) is 0 Å². The number of thiazole rings is 1. The molecule has 1 N–H and O–H groups in total. The molecule has 1 unspecified atom stereocenters. The van der Waals surface area contributed by atoms with Gasteiger partial charge in [0.15, 0.2) is 0 Å². The van der Waals surface area contributed by atoms with Crippen LogP contribution in [0.5, 0.6) is 0 Å². The van der Waals surface area contributed by atoms with Crippen molar-refractivity contribution in [2.75, 3.05) is 6.54 Å².